The predicted octanol–water partition coefficient (Wildman–Crippen LogP) is 2.53. The summed E-state index contributed by atoms with van der Waals surface area (Å²) in [5.41, 5.74) is 1.38. The van der Waals surface area contributed by atoms with Gasteiger partial charge in [-0.2, -0.15) is 0 Å². The maximum Gasteiger partial charge on any atom is 0.138 e. The summed E-state index contributed by atoms with van der Waals surface area (Å²) in [6.07, 6.45) is 1.79. The van der Waals surface area contributed by atoms with Crippen LogP contribution in [0, 0.1) is 5.92 Å². The summed E-state index contributed by atoms with van der Waals surface area (Å²) in [5, 5.41) is 0. The lowest BCUT2D eigenvalue weighted by Crippen LogP contribution is -2.46. The van der Waals surface area contributed by atoms with Crippen LogP contribution in [0.15, 0.2) is 30.3 Å². The number of carbonyl (C=O) groups is 1. The van der Waals surface area contributed by atoms with E-state index in [0.29, 0.717) is 11.8 Å². The first-order chi connectivity index (χ1) is 8.16. The highest BCUT2D eigenvalue weighted by molar-refractivity contribution is 5.82. The fraction of sp³-hybridized carbons (Fsp3) is 0.533. The van der Waals surface area contributed by atoms with Crippen LogP contribution >= 0.6 is 0 Å². The quantitative estimate of drug-likeness (QED) is 0.796. The molecule has 0 spiro atoms. The Morgan fingerprint density at radius 1 is 1.24 bits per heavy atom. The standard InChI is InChI=1S/C15H21NO/c1-12-11-16(13(2)10-15(12)17)9-8-14-6-4-3-5-7-14/h3-7,12-13H,8-11H2,1-2H3/t12-,13-/m0/s1. The van der Waals surface area contributed by atoms with Gasteiger partial charge in [-0.15, -0.1) is 0 Å². The van der Waals surface area contributed by atoms with E-state index in [-0.39, 0.29) is 5.92 Å². The van der Waals surface area contributed by atoms with Gasteiger partial charge in [0.15, 0.2) is 0 Å². The maximum atomic E-state index is 11.6. The Labute approximate surface area is 104 Å². The molecule has 0 unspecified atom stereocenters. The topological polar surface area (TPSA) is 20.3 Å². The molecule has 1 heterocycles. The van der Waals surface area contributed by atoms with Gasteiger partial charge in [0, 0.05) is 31.5 Å². The van der Waals surface area contributed by atoms with E-state index in [2.05, 4.69) is 36.1 Å². The molecule has 1 aromatic carbocycles. The Bertz CT molecular complexity index is 374. The maximum absolute atomic E-state index is 11.6. The Morgan fingerprint density at radius 3 is 2.65 bits per heavy atom. The van der Waals surface area contributed by atoms with E-state index in [9.17, 15) is 4.79 Å². The number of carbonyl (C=O) groups excluding carboxylic acids is 1. The molecule has 17 heavy (non-hydrogen) atoms. The lowest BCUT2D eigenvalue weighted by molar-refractivity contribution is -0.127. The summed E-state index contributed by atoms with van der Waals surface area (Å²) in [6.45, 7) is 6.19. The van der Waals surface area contributed by atoms with Gasteiger partial charge < -0.3 is 0 Å². The second-order valence-electron chi connectivity index (χ2n) is 5.15. The average molecular weight is 231 g/mol. The minimum absolute atomic E-state index is 0.210. The Kier molecular flexibility index (Phi) is 3.95. The molecule has 0 aromatic heterocycles. The van der Waals surface area contributed by atoms with Gasteiger partial charge in [0.1, 0.15) is 5.78 Å². The van der Waals surface area contributed by atoms with Crippen molar-refractivity contribution < 1.29 is 4.79 Å². The summed E-state index contributed by atoms with van der Waals surface area (Å²) in [4.78, 5) is 14.0. The molecule has 0 amide bonds. The van der Waals surface area contributed by atoms with Gasteiger partial charge in [0.2, 0.25) is 0 Å². The number of benzene rings is 1. The molecule has 2 rings (SSSR count). The third kappa shape index (κ3) is 3.16. The molecule has 1 saturated heterocycles. The first-order valence-electron chi connectivity index (χ1n) is 6.47. The molecule has 1 aromatic rings. The van der Waals surface area contributed by atoms with Crippen molar-refractivity contribution >= 4 is 5.78 Å². The monoisotopic (exact) mass is 231 g/mol. The molecule has 0 radical (unpaired) electrons. The van der Waals surface area contributed by atoms with Crippen LogP contribution < -0.4 is 0 Å². The largest absolute Gasteiger partial charge is 0.299 e. The highest BCUT2D eigenvalue weighted by Gasteiger charge is 2.28. The summed E-state index contributed by atoms with van der Waals surface area (Å²) in [7, 11) is 0. The van der Waals surface area contributed by atoms with Gasteiger partial charge in [0.25, 0.3) is 0 Å². The lowest BCUT2D eigenvalue weighted by Gasteiger charge is -2.35. The summed E-state index contributed by atoms with van der Waals surface area (Å²) >= 11 is 0. The molecule has 1 fully saturated rings. The van der Waals surface area contributed by atoms with E-state index in [1.807, 2.05) is 13.0 Å². The number of hydrogen-bond acceptors (Lipinski definition) is 2. The van der Waals surface area contributed by atoms with Crippen molar-refractivity contribution in [1.29, 1.82) is 0 Å². The molecule has 2 nitrogen and oxygen atoms in total. The van der Waals surface area contributed by atoms with Crippen LogP contribution in [0.25, 0.3) is 0 Å². The lowest BCUT2D eigenvalue weighted by atomic mass is 9.93. The van der Waals surface area contributed by atoms with E-state index in [1.54, 1.807) is 0 Å². The van der Waals surface area contributed by atoms with Crippen LogP contribution in [0.1, 0.15) is 25.8 Å². The first-order valence-corrected chi connectivity index (χ1v) is 6.47. The van der Waals surface area contributed by atoms with Crippen LogP contribution in [0.4, 0.5) is 0 Å². The Morgan fingerprint density at radius 2 is 1.94 bits per heavy atom. The van der Waals surface area contributed by atoms with Crippen molar-refractivity contribution in [3.8, 4) is 0 Å². The molecule has 0 N–H and O–H groups in total. The van der Waals surface area contributed by atoms with Gasteiger partial charge in [-0.25, -0.2) is 0 Å². The van der Waals surface area contributed by atoms with Crippen molar-refractivity contribution in [3.63, 3.8) is 0 Å². The predicted molar refractivity (Wildman–Crippen MR) is 70.0 cm³/mol. The smallest absolute Gasteiger partial charge is 0.138 e. The van der Waals surface area contributed by atoms with Crippen LogP contribution in [-0.2, 0) is 11.2 Å². The molecule has 0 aliphatic carbocycles. The minimum Gasteiger partial charge on any atom is -0.299 e. The summed E-state index contributed by atoms with van der Waals surface area (Å²) in [6, 6.07) is 11.0. The van der Waals surface area contributed by atoms with E-state index in [4.69, 9.17) is 0 Å². The van der Waals surface area contributed by atoms with Gasteiger partial charge in [-0.05, 0) is 18.9 Å². The van der Waals surface area contributed by atoms with E-state index < -0.39 is 0 Å². The first kappa shape index (κ1) is 12.3. The second-order valence-corrected chi connectivity index (χ2v) is 5.15. The molecule has 1 aliphatic rings. The highest BCUT2D eigenvalue weighted by Crippen LogP contribution is 2.18. The molecule has 2 heteroatoms. The van der Waals surface area contributed by atoms with E-state index >= 15 is 0 Å². The van der Waals surface area contributed by atoms with Crippen molar-refractivity contribution in [3.05, 3.63) is 35.9 Å². The number of likely N-dealkylation sites (tertiary alicyclic amines) is 1. The number of rotatable bonds is 3. The SMILES string of the molecule is C[C@H]1CN(CCc2ccccc2)[C@@H](C)CC1=O. The fourth-order valence-corrected chi connectivity index (χ4v) is 2.48. The second kappa shape index (κ2) is 5.46. The molecule has 92 valence electrons. The molecule has 0 saturated carbocycles. The Balaban J connectivity index is 1.89. The fourth-order valence-electron chi connectivity index (χ4n) is 2.48. The zero-order chi connectivity index (χ0) is 12.3. The van der Waals surface area contributed by atoms with Crippen LogP contribution in [-0.4, -0.2) is 29.8 Å². The number of hydrogen-bond donors (Lipinski definition) is 0. The number of ketones is 1. The van der Waals surface area contributed by atoms with Crippen LogP contribution in [0.5, 0.6) is 0 Å². The van der Waals surface area contributed by atoms with Crippen LogP contribution in [0.3, 0.4) is 0 Å². The van der Waals surface area contributed by atoms with Crippen molar-refractivity contribution in [2.75, 3.05) is 13.1 Å². The molecule has 0 bridgehead atoms. The summed E-state index contributed by atoms with van der Waals surface area (Å²) in [5.74, 6) is 0.635. The zero-order valence-corrected chi connectivity index (χ0v) is 10.7. The van der Waals surface area contributed by atoms with Gasteiger partial charge in [-0.3, -0.25) is 9.69 Å². The number of Topliss-reactive ketones (excluding diaryl/α,β-unsaturated/α-hetero) is 1. The number of piperidine rings is 1. The Hall–Kier alpha value is -1.15. The molecule has 1 aliphatic heterocycles. The van der Waals surface area contributed by atoms with Crippen molar-refractivity contribution in [2.45, 2.75) is 32.7 Å². The normalized spacial score (nSPS) is 26.1. The summed E-state index contributed by atoms with van der Waals surface area (Å²) < 4.78 is 0. The molecular formula is C15H21NO. The highest BCUT2D eigenvalue weighted by atomic mass is 16.1. The third-order valence-corrected chi connectivity index (χ3v) is 3.71. The molecule has 2 atom stereocenters. The average Bonchev–Trinajstić information content (AvgIpc) is 2.33. The molecular weight excluding hydrogens is 210 g/mol. The van der Waals surface area contributed by atoms with E-state index in [1.165, 1.54) is 5.56 Å². The van der Waals surface area contributed by atoms with Gasteiger partial charge >= 0.3 is 0 Å². The third-order valence-electron chi connectivity index (χ3n) is 3.71. The van der Waals surface area contributed by atoms with E-state index in [0.717, 1.165) is 25.9 Å². The van der Waals surface area contributed by atoms with Crippen LogP contribution in [0.2, 0.25) is 0 Å². The minimum atomic E-state index is 0.210. The zero-order valence-electron chi connectivity index (χ0n) is 10.7. The van der Waals surface area contributed by atoms with Crippen molar-refractivity contribution in [1.82, 2.24) is 4.90 Å². The van der Waals surface area contributed by atoms with Crippen molar-refractivity contribution in [2.24, 2.45) is 5.92 Å². The number of nitrogens with zero attached hydrogens (tertiary/aromatic N) is 1. The van der Waals surface area contributed by atoms with Gasteiger partial charge in [0.05, 0.1) is 0 Å². The van der Waals surface area contributed by atoms with Gasteiger partial charge in [-0.1, -0.05) is 37.3 Å².